The van der Waals surface area contributed by atoms with E-state index in [-0.39, 0.29) is 12.3 Å². The zero-order valence-electron chi connectivity index (χ0n) is 12.3. The highest BCUT2D eigenvalue weighted by molar-refractivity contribution is 5.77. The van der Waals surface area contributed by atoms with Gasteiger partial charge in [0.25, 0.3) is 0 Å². The van der Waals surface area contributed by atoms with Crippen LogP contribution < -0.4 is 16.0 Å². The molecule has 0 radical (unpaired) electrons. The molecule has 2 rings (SSSR count). The number of carbonyl (C=O) groups is 1. The first-order chi connectivity index (χ1) is 10.1. The van der Waals surface area contributed by atoms with Crippen LogP contribution in [0.4, 0.5) is 0 Å². The summed E-state index contributed by atoms with van der Waals surface area (Å²) in [5.74, 6) is 5.77. The lowest BCUT2D eigenvalue weighted by atomic mass is 10.1. The molecule has 3 N–H and O–H groups in total. The summed E-state index contributed by atoms with van der Waals surface area (Å²) < 4.78 is 5.85. The molecule has 0 saturated heterocycles. The van der Waals surface area contributed by atoms with Gasteiger partial charge in [-0.1, -0.05) is 36.4 Å². The van der Waals surface area contributed by atoms with Gasteiger partial charge in [0.1, 0.15) is 12.4 Å². The van der Waals surface area contributed by atoms with Crippen LogP contribution >= 0.6 is 0 Å². The molecule has 4 nitrogen and oxygen atoms in total. The fourth-order valence-corrected chi connectivity index (χ4v) is 2.03. The molecule has 1 amide bonds. The predicted molar refractivity (Wildman–Crippen MR) is 82.7 cm³/mol. The van der Waals surface area contributed by atoms with Crippen LogP contribution in [0.15, 0.2) is 42.5 Å². The molecule has 0 atom stereocenters. The Morgan fingerprint density at radius 3 is 2.43 bits per heavy atom. The number of rotatable bonds is 5. The third-order valence-electron chi connectivity index (χ3n) is 3.50. The summed E-state index contributed by atoms with van der Waals surface area (Å²) in [6.45, 7) is 4.63. The Morgan fingerprint density at radius 2 is 1.76 bits per heavy atom. The van der Waals surface area contributed by atoms with E-state index in [9.17, 15) is 4.79 Å². The number of ether oxygens (including phenoxy) is 1. The maximum atomic E-state index is 11.2. The van der Waals surface area contributed by atoms with Gasteiger partial charge in [0.05, 0.1) is 6.42 Å². The Balaban J connectivity index is 1.97. The maximum absolute atomic E-state index is 11.2. The summed E-state index contributed by atoms with van der Waals surface area (Å²) in [7, 11) is 0. The summed E-state index contributed by atoms with van der Waals surface area (Å²) in [6, 6.07) is 13.8. The number of nitrogens with two attached hydrogens (primary N) is 1. The van der Waals surface area contributed by atoms with E-state index in [1.165, 1.54) is 5.56 Å². The molecule has 0 spiro atoms. The van der Waals surface area contributed by atoms with Crippen LogP contribution in [-0.2, 0) is 17.8 Å². The molecule has 0 unspecified atom stereocenters. The van der Waals surface area contributed by atoms with Crippen LogP contribution in [0.5, 0.6) is 5.75 Å². The van der Waals surface area contributed by atoms with E-state index in [1.54, 1.807) is 0 Å². The van der Waals surface area contributed by atoms with Gasteiger partial charge >= 0.3 is 0 Å². The molecule has 4 heteroatoms. The summed E-state index contributed by atoms with van der Waals surface area (Å²) >= 11 is 0. The molecular formula is C17H20N2O2. The Labute approximate surface area is 124 Å². The van der Waals surface area contributed by atoms with Gasteiger partial charge in [-0.05, 0) is 42.2 Å². The SMILES string of the molecule is Cc1cccc(OCc2ccc(CC(=O)NN)cc2)c1C. The second kappa shape index (κ2) is 6.90. The minimum absolute atomic E-state index is 0.200. The fourth-order valence-electron chi connectivity index (χ4n) is 2.03. The van der Waals surface area contributed by atoms with E-state index in [0.29, 0.717) is 6.61 Å². The molecular weight excluding hydrogens is 264 g/mol. The first-order valence-electron chi connectivity index (χ1n) is 6.86. The highest BCUT2D eigenvalue weighted by Crippen LogP contribution is 2.21. The van der Waals surface area contributed by atoms with E-state index in [2.05, 4.69) is 25.3 Å². The minimum atomic E-state index is -0.200. The van der Waals surface area contributed by atoms with Gasteiger partial charge in [-0.25, -0.2) is 5.84 Å². The van der Waals surface area contributed by atoms with Gasteiger partial charge < -0.3 is 4.74 Å². The van der Waals surface area contributed by atoms with Gasteiger partial charge in [0, 0.05) is 0 Å². The molecule has 0 aliphatic heterocycles. The normalized spacial score (nSPS) is 10.2. The lowest BCUT2D eigenvalue weighted by Gasteiger charge is -2.11. The van der Waals surface area contributed by atoms with Crippen LogP contribution in [0, 0.1) is 13.8 Å². The van der Waals surface area contributed by atoms with Crippen molar-refractivity contribution < 1.29 is 9.53 Å². The first kappa shape index (κ1) is 15.1. The smallest absolute Gasteiger partial charge is 0.238 e. The van der Waals surface area contributed by atoms with E-state index in [0.717, 1.165) is 22.4 Å². The summed E-state index contributed by atoms with van der Waals surface area (Å²) in [5, 5.41) is 0. The number of hydrazine groups is 1. The van der Waals surface area contributed by atoms with Gasteiger partial charge in [-0.2, -0.15) is 0 Å². The Kier molecular flexibility index (Phi) is 4.95. The van der Waals surface area contributed by atoms with Gasteiger partial charge in [0.2, 0.25) is 5.91 Å². The molecule has 0 fully saturated rings. The van der Waals surface area contributed by atoms with Gasteiger partial charge in [-0.3, -0.25) is 10.2 Å². The Morgan fingerprint density at radius 1 is 1.10 bits per heavy atom. The molecule has 0 saturated carbocycles. The molecule has 0 aliphatic carbocycles. The topological polar surface area (TPSA) is 64.3 Å². The maximum Gasteiger partial charge on any atom is 0.238 e. The number of aryl methyl sites for hydroxylation is 1. The Hall–Kier alpha value is -2.33. The molecule has 2 aromatic carbocycles. The molecule has 110 valence electrons. The van der Waals surface area contributed by atoms with Crippen molar-refractivity contribution in [1.29, 1.82) is 0 Å². The van der Waals surface area contributed by atoms with Gasteiger partial charge in [-0.15, -0.1) is 0 Å². The lowest BCUT2D eigenvalue weighted by molar-refractivity contribution is -0.120. The summed E-state index contributed by atoms with van der Waals surface area (Å²) in [5.41, 5.74) is 6.49. The first-order valence-corrected chi connectivity index (χ1v) is 6.86. The monoisotopic (exact) mass is 284 g/mol. The quantitative estimate of drug-likeness (QED) is 0.503. The third-order valence-corrected chi connectivity index (χ3v) is 3.50. The van der Waals surface area contributed by atoms with E-state index >= 15 is 0 Å². The highest BCUT2D eigenvalue weighted by atomic mass is 16.5. The highest BCUT2D eigenvalue weighted by Gasteiger charge is 2.04. The van der Waals surface area contributed by atoms with Crippen molar-refractivity contribution in [2.45, 2.75) is 26.9 Å². The molecule has 0 aliphatic rings. The van der Waals surface area contributed by atoms with Crippen molar-refractivity contribution in [2.24, 2.45) is 5.84 Å². The summed E-state index contributed by atoms with van der Waals surface area (Å²) in [4.78, 5) is 11.2. The van der Waals surface area contributed by atoms with Crippen LogP contribution in [0.3, 0.4) is 0 Å². The Bertz CT molecular complexity index is 621. The molecule has 21 heavy (non-hydrogen) atoms. The average Bonchev–Trinajstić information content (AvgIpc) is 2.50. The zero-order chi connectivity index (χ0) is 15.2. The van der Waals surface area contributed by atoms with Crippen molar-refractivity contribution in [1.82, 2.24) is 5.43 Å². The van der Waals surface area contributed by atoms with Crippen LogP contribution in [0.2, 0.25) is 0 Å². The number of hydrogen-bond donors (Lipinski definition) is 2. The number of benzene rings is 2. The molecule has 0 bridgehead atoms. The fraction of sp³-hybridized carbons (Fsp3) is 0.235. The number of amides is 1. The van der Waals surface area contributed by atoms with Crippen molar-refractivity contribution >= 4 is 5.91 Å². The van der Waals surface area contributed by atoms with Crippen molar-refractivity contribution in [3.05, 3.63) is 64.7 Å². The van der Waals surface area contributed by atoms with Crippen molar-refractivity contribution in [2.75, 3.05) is 0 Å². The summed E-state index contributed by atoms with van der Waals surface area (Å²) in [6.07, 6.45) is 0.286. The largest absolute Gasteiger partial charge is 0.489 e. The van der Waals surface area contributed by atoms with Crippen LogP contribution in [0.25, 0.3) is 0 Å². The number of nitrogens with one attached hydrogen (secondary N) is 1. The minimum Gasteiger partial charge on any atom is -0.489 e. The molecule has 0 aromatic heterocycles. The second-order valence-corrected chi connectivity index (χ2v) is 5.05. The predicted octanol–water partition coefficient (Wildman–Crippen LogP) is 2.41. The standard InChI is InChI=1S/C17H20N2O2/c1-12-4-3-5-16(13(12)2)21-11-15-8-6-14(7-9-15)10-17(20)19-18/h3-9H,10-11,18H2,1-2H3,(H,19,20). The average molecular weight is 284 g/mol. The number of carbonyl (C=O) groups excluding carboxylic acids is 1. The van der Waals surface area contributed by atoms with E-state index < -0.39 is 0 Å². The second-order valence-electron chi connectivity index (χ2n) is 5.05. The van der Waals surface area contributed by atoms with Crippen molar-refractivity contribution in [3.63, 3.8) is 0 Å². The lowest BCUT2D eigenvalue weighted by Crippen LogP contribution is -2.31. The molecule has 0 heterocycles. The van der Waals surface area contributed by atoms with Crippen LogP contribution in [0.1, 0.15) is 22.3 Å². The zero-order valence-corrected chi connectivity index (χ0v) is 12.3. The van der Waals surface area contributed by atoms with E-state index in [1.807, 2.05) is 36.4 Å². The van der Waals surface area contributed by atoms with Gasteiger partial charge in [0.15, 0.2) is 0 Å². The molecule has 2 aromatic rings. The van der Waals surface area contributed by atoms with Crippen LogP contribution in [-0.4, -0.2) is 5.91 Å². The number of hydrogen-bond acceptors (Lipinski definition) is 3. The third kappa shape index (κ3) is 4.07. The van der Waals surface area contributed by atoms with Crippen molar-refractivity contribution in [3.8, 4) is 5.75 Å². The van der Waals surface area contributed by atoms with E-state index in [4.69, 9.17) is 10.6 Å².